The number of ether oxygens (including phenoxy) is 1. The van der Waals surface area contributed by atoms with E-state index in [0.29, 0.717) is 34.9 Å². The highest BCUT2D eigenvalue weighted by atomic mass is 19.1. The number of aromatic nitrogens is 3. The van der Waals surface area contributed by atoms with Gasteiger partial charge in [0.05, 0.1) is 18.2 Å². The molecule has 0 radical (unpaired) electrons. The first kappa shape index (κ1) is 22.1. The van der Waals surface area contributed by atoms with Gasteiger partial charge in [0.15, 0.2) is 5.82 Å². The van der Waals surface area contributed by atoms with Gasteiger partial charge in [-0.15, -0.1) is 0 Å². The number of methoxy groups -OCH3 is 1. The van der Waals surface area contributed by atoms with E-state index >= 15 is 4.39 Å². The number of fused-ring (bicyclic) bond motifs is 3. The van der Waals surface area contributed by atoms with E-state index in [0.717, 1.165) is 25.9 Å². The Labute approximate surface area is 194 Å². The molecule has 4 heterocycles. The second-order valence-electron chi connectivity index (χ2n) is 8.39. The molecule has 2 aromatic heterocycles. The number of carbonyl (C=O) groups is 1. The summed E-state index contributed by atoms with van der Waals surface area (Å²) < 4.78 is 36.1. The number of anilines is 1. The van der Waals surface area contributed by atoms with E-state index < -0.39 is 11.6 Å². The maximum absolute atomic E-state index is 16.0. The highest BCUT2D eigenvalue weighted by molar-refractivity contribution is 5.91. The van der Waals surface area contributed by atoms with Crippen LogP contribution in [0.15, 0.2) is 24.4 Å². The number of amides is 1. The number of hydrogen-bond acceptors (Lipinski definition) is 7. The van der Waals surface area contributed by atoms with Crippen LogP contribution in [0.5, 0.6) is 6.01 Å². The van der Waals surface area contributed by atoms with Gasteiger partial charge in [-0.05, 0) is 31.1 Å². The number of rotatable bonds is 5. The molecular formula is C24H24F2N6O2. The standard InChI is InChI=1S/C24H24F2N6O2/c1-3-13-5-4-6-17(25)18(13)21(28-12-33)22-19(26)20-16(9-27-22)23(31-24(30-20)34-2)32-10-14-7-8-15(11-32)29-14/h3-6,9,12,14-15,29H,7-8,10-11H2,1-2H3,(H,28,33)/b13-3-,21-18+. The molecule has 2 N–H and O–H groups in total. The predicted molar refractivity (Wildman–Crippen MR) is 124 cm³/mol. The lowest BCUT2D eigenvalue weighted by atomic mass is 10.1. The van der Waals surface area contributed by atoms with Gasteiger partial charge in [0.1, 0.15) is 22.8 Å². The van der Waals surface area contributed by atoms with Crippen molar-refractivity contribution in [1.82, 2.24) is 25.6 Å². The molecule has 176 valence electrons. The van der Waals surface area contributed by atoms with Gasteiger partial charge in [-0.2, -0.15) is 9.97 Å². The van der Waals surface area contributed by atoms with E-state index in [4.69, 9.17) is 4.74 Å². The molecule has 2 saturated heterocycles. The Bertz CT molecular complexity index is 1380. The second-order valence-corrected chi connectivity index (χ2v) is 8.39. The van der Waals surface area contributed by atoms with E-state index in [-0.39, 0.29) is 28.1 Å². The first-order valence-corrected chi connectivity index (χ1v) is 11.1. The molecule has 2 unspecified atom stereocenters. The molecule has 5 rings (SSSR count). The number of halogens is 2. The van der Waals surface area contributed by atoms with Crippen LogP contribution in [0.1, 0.15) is 25.5 Å². The molecule has 0 saturated carbocycles. The topological polar surface area (TPSA) is 92.3 Å². The van der Waals surface area contributed by atoms with Crippen molar-refractivity contribution < 1.29 is 18.3 Å². The fourth-order valence-corrected chi connectivity index (χ4v) is 4.86. The Hall–Kier alpha value is -3.66. The van der Waals surface area contributed by atoms with E-state index in [2.05, 4.69) is 30.5 Å². The van der Waals surface area contributed by atoms with Gasteiger partial charge in [0.25, 0.3) is 0 Å². The molecule has 0 aliphatic carbocycles. The summed E-state index contributed by atoms with van der Waals surface area (Å²) in [5.41, 5.74) is -0.318. The highest BCUT2D eigenvalue weighted by Gasteiger charge is 2.34. The van der Waals surface area contributed by atoms with Gasteiger partial charge in [-0.1, -0.05) is 18.2 Å². The summed E-state index contributed by atoms with van der Waals surface area (Å²) in [4.78, 5) is 26.6. The molecule has 2 bridgehead atoms. The molecule has 34 heavy (non-hydrogen) atoms. The third-order valence-corrected chi connectivity index (χ3v) is 6.39. The lowest BCUT2D eigenvalue weighted by Gasteiger charge is -2.34. The van der Waals surface area contributed by atoms with Gasteiger partial charge in [-0.25, -0.2) is 8.78 Å². The van der Waals surface area contributed by atoms with Crippen LogP contribution in [0.3, 0.4) is 0 Å². The van der Waals surface area contributed by atoms with Crippen LogP contribution in [-0.4, -0.2) is 53.6 Å². The normalized spacial score (nSPS) is 21.1. The van der Waals surface area contributed by atoms with Gasteiger partial charge in [0, 0.05) is 36.6 Å². The van der Waals surface area contributed by atoms with E-state index in [1.807, 2.05) is 0 Å². The summed E-state index contributed by atoms with van der Waals surface area (Å²) in [6, 6.07) is 5.16. The van der Waals surface area contributed by atoms with Crippen LogP contribution in [0, 0.1) is 11.6 Å². The van der Waals surface area contributed by atoms with Crippen LogP contribution in [0.4, 0.5) is 14.6 Å². The average molecular weight is 466 g/mol. The summed E-state index contributed by atoms with van der Waals surface area (Å²) in [7, 11) is 1.42. The molecule has 2 atom stereocenters. The zero-order valence-electron chi connectivity index (χ0n) is 18.8. The Morgan fingerprint density at radius 3 is 2.68 bits per heavy atom. The lowest BCUT2D eigenvalue weighted by Crippen LogP contribution is -2.51. The first-order valence-electron chi connectivity index (χ1n) is 11.1. The zero-order chi connectivity index (χ0) is 23.8. The summed E-state index contributed by atoms with van der Waals surface area (Å²) in [6.07, 6.45) is 5.66. The van der Waals surface area contributed by atoms with Crippen molar-refractivity contribution in [2.45, 2.75) is 31.8 Å². The SMILES string of the molecule is C/C=c1/cccc(F)/c1=C(/NC=O)c1ncc2c(N3CC4CCC(C3)N4)nc(OC)nc2c1F. The van der Waals surface area contributed by atoms with Gasteiger partial charge in [0.2, 0.25) is 6.41 Å². The maximum atomic E-state index is 16.0. The number of piperazine rings is 1. The quantitative estimate of drug-likeness (QED) is 0.541. The highest BCUT2D eigenvalue weighted by Crippen LogP contribution is 2.32. The third-order valence-electron chi connectivity index (χ3n) is 6.39. The number of benzene rings is 1. The molecular weight excluding hydrogens is 442 g/mol. The lowest BCUT2D eigenvalue weighted by molar-refractivity contribution is -0.108. The average Bonchev–Trinajstić information content (AvgIpc) is 3.19. The van der Waals surface area contributed by atoms with Gasteiger partial charge < -0.3 is 20.3 Å². The summed E-state index contributed by atoms with van der Waals surface area (Å²) >= 11 is 0. The fraction of sp³-hybridized carbons (Fsp3) is 0.333. The van der Waals surface area contributed by atoms with E-state index in [1.54, 1.807) is 25.1 Å². The molecule has 1 aromatic carbocycles. The van der Waals surface area contributed by atoms with Crippen molar-refractivity contribution in [3.05, 3.63) is 52.2 Å². The number of nitrogens with zero attached hydrogens (tertiary/aromatic N) is 4. The molecule has 2 fully saturated rings. The van der Waals surface area contributed by atoms with Gasteiger partial charge >= 0.3 is 6.01 Å². The van der Waals surface area contributed by atoms with Gasteiger partial charge in [-0.3, -0.25) is 9.78 Å². The van der Waals surface area contributed by atoms with Crippen molar-refractivity contribution in [2.75, 3.05) is 25.1 Å². The summed E-state index contributed by atoms with van der Waals surface area (Å²) in [5, 5.41) is 6.96. The number of nitrogens with one attached hydrogen (secondary N) is 2. The van der Waals surface area contributed by atoms with Crippen LogP contribution in [-0.2, 0) is 4.79 Å². The van der Waals surface area contributed by atoms with Crippen LogP contribution >= 0.6 is 0 Å². The summed E-state index contributed by atoms with van der Waals surface area (Å²) in [6.45, 7) is 3.18. The first-order chi connectivity index (χ1) is 16.5. The maximum Gasteiger partial charge on any atom is 0.318 e. The predicted octanol–water partition coefficient (Wildman–Crippen LogP) is 0.955. The van der Waals surface area contributed by atoms with Crippen molar-refractivity contribution in [3.8, 4) is 6.01 Å². The van der Waals surface area contributed by atoms with E-state index in [1.165, 1.54) is 19.4 Å². The van der Waals surface area contributed by atoms with Crippen molar-refractivity contribution in [2.24, 2.45) is 0 Å². The van der Waals surface area contributed by atoms with Crippen molar-refractivity contribution in [1.29, 1.82) is 0 Å². The molecule has 2 aliphatic heterocycles. The minimum absolute atomic E-state index is 0.0127. The number of carbonyl (C=O) groups excluding carboxylic acids is 1. The minimum Gasteiger partial charge on any atom is -0.467 e. The molecule has 2 aliphatic rings. The molecule has 3 aromatic rings. The Kier molecular flexibility index (Phi) is 5.82. The monoisotopic (exact) mass is 466 g/mol. The smallest absolute Gasteiger partial charge is 0.318 e. The Morgan fingerprint density at radius 2 is 2.00 bits per heavy atom. The third kappa shape index (κ3) is 3.73. The van der Waals surface area contributed by atoms with Crippen LogP contribution in [0.2, 0.25) is 0 Å². The molecule has 8 nitrogen and oxygen atoms in total. The van der Waals surface area contributed by atoms with Crippen LogP contribution < -0.4 is 30.7 Å². The molecule has 10 heteroatoms. The van der Waals surface area contributed by atoms with E-state index in [9.17, 15) is 9.18 Å². The number of hydrogen-bond donors (Lipinski definition) is 2. The molecule has 1 amide bonds. The Balaban J connectivity index is 1.76. The second kappa shape index (κ2) is 8.94. The largest absolute Gasteiger partial charge is 0.467 e. The minimum atomic E-state index is -0.799. The number of pyridine rings is 1. The van der Waals surface area contributed by atoms with Crippen molar-refractivity contribution in [3.63, 3.8) is 0 Å². The Morgan fingerprint density at radius 1 is 1.24 bits per heavy atom. The van der Waals surface area contributed by atoms with Crippen molar-refractivity contribution >= 4 is 34.9 Å². The zero-order valence-corrected chi connectivity index (χ0v) is 18.8. The molecule has 0 spiro atoms. The van der Waals surface area contributed by atoms with Crippen LogP contribution in [0.25, 0.3) is 22.7 Å². The summed E-state index contributed by atoms with van der Waals surface area (Å²) in [5.74, 6) is -0.873. The fourth-order valence-electron chi connectivity index (χ4n) is 4.86.